The van der Waals surface area contributed by atoms with Gasteiger partial charge in [-0.25, -0.2) is 0 Å². The molecule has 0 bridgehead atoms. The topological polar surface area (TPSA) is 98.8 Å². The van der Waals surface area contributed by atoms with Crippen LogP contribution in [0.25, 0.3) is 0 Å². The number of aromatic nitrogens is 2. The van der Waals surface area contributed by atoms with Gasteiger partial charge < -0.3 is 24.6 Å². The van der Waals surface area contributed by atoms with E-state index in [0.29, 0.717) is 13.1 Å². The van der Waals surface area contributed by atoms with Crippen molar-refractivity contribution in [2.24, 2.45) is 0 Å². The Morgan fingerprint density at radius 1 is 1.48 bits per heavy atom. The third-order valence-electron chi connectivity index (χ3n) is 3.76. The van der Waals surface area contributed by atoms with Gasteiger partial charge >= 0.3 is 0 Å². The van der Waals surface area contributed by atoms with Gasteiger partial charge in [-0.1, -0.05) is 0 Å². The summed E-state index contributed by atoms with van der Waals surface area (Å²) in [5.74, 6) is -0.944. The molecule has 1 aromatic rings. The molecule has 8 nitrogen and oxygen atoms in total. The van der Waals surface area contributed by atoms with Crippen LogP contribution in [0.2, 0.25) is 0 Å². The summed E-state index contributed by atoms with van der Waals surface area (Å²) < 4.78 is 5.83. The molecule has 2 heterocycles. The summed E-state index contributed by atoms with van der Waals surface area (Å²) in [7, 11) is 4.06. The quantitative estimate of drug-likeness (QED) is 0.717. The number of nitrogens with zero attached hydrogens (tertiary/aromatic N) is 3. The minimum Gasteiger partial charge on any atom is -0.493 e. The summed E-state index contributed by atoms with van der Waals surface area (Å²) in [6.07, 6.45) is 2.67. The summed E-state index contributed by atoms with van der Waals surface area (Å²) in [4.78, 5) is 33.4. The molecule has 2 N–H and O–H groups in total. The number of amides is 1. The number of likely N-dealkylation sites (tertiary alicyclic amines) is 1. The van der Waals surface area contributed by atoms with Gasteiger partial charge in [0, 0.05) is 19.7 Å². The lowest BCUT2D eigenvalue weighted by molar-refractivity contribution is 0.00599. The van der Waals surface area contributed by atoms with Crippen molar-refractivity contribution in [3.05, 3.63) is 22.2 Å². The molecule has 0 aromatic carbocycles. The van der Waals surface area contributed by atoms with Crippen molar-refractivity contribution in [1.82, 2.24) is 19.8 Å². The van der Waals surface area contributed by atoms with Crippen molar-refractivity contribution >= 4 is 5.91 Å². The Morgan fingerprint density at radius 2 is 2.17 bits per heavy atom. The molecule has 8 heteroatoms. The zero-order valence-corrected chi connectivity index (χ0v) is 13.6. The number of nitrogens with one attached hydrogen (secondary N) is 1. The monoisotopic (exact) mass is 324 g/mol. The van der Waals surface area contributed by atoms with Gasteiger partial charge in [0.05, 0.1) is 12.2 Å². The number of aromatic hydroxyl groups is 1. The fourth-order valence-electron chi connectivity index (χ4n) is 2.55. The van der Waals surface area contributed by atoms with Gasteiger partial charge in [-0.05, 0) is 39.9 Å². The Balaban J connectivity index is 1.79. The second-order valence-corrected chi connectivity index (χ2v) is 5.97. The van der Waals surface area contributed by atoms with Crippen molar-refractivity contribution in [2.75, 3.05) is 40.3 Å². The van der Waals surface area contributed by atoms with Gasteiger partial charge in [0.1, 0.15) is 0 Å². The number of carbonyl (C=O) groups is 1. The molecular formula is C15H24N4O4. The number of ether oxygens (including phenoxy) is 1. The van der Waals surface area contributed by atoms with Gasteiger partial charge in [0.15, 0.2) is 0 Å². The van der Waals surface area contributed by atoms with Crippen LogP contribution in [-0.4, -0.2) is 77.2 Å². The summed E-state index contributed by atoms with van der Waals surface area (Å²) in [6, 6.07) is 0.935. The first-order valence-electron chi connectivity index (χ1n) is 7.81. The number of hydrogen-bond donors (Lipinski definition) is 2. The molecule has 0 unspecified atom stereocenters. The Hall–Kier alpha value is -1.93. The Labute approximate surface area is 135 Å². The van der Waals surface area contributed by atoms with E-state index in [4.69, 9.17) is 4.74 Å². The number of H-pyrrole nitrogens is 1. The van der Waals surface area contributed by atoms with Crippen LogP contribution < -0.4 is 5.56 Å². The fraction of sp³-hybridized carbons (Fsp3) is 0.667. The van der Waals surface area contributed by atoms with Gasteiger partial charge in [0.25, 0.3) is 11.5 Å². The third-order valence-corrected chi connectivity index (χ3v) is 3.76. The maximum absolute atomic E-state index is 12.3. The highest BCUT2D eigenvalue weighted by molar-refractivity contribution is 5.90. The SMILES string of the molecule is CN(C)CCCOC1CCN(C(=O)c2nc(O)cc(=O)[nH]2)CC1. The van der Waals surface area contributed by atoms with Crippen molar-refractivity contribution in [3.8, 4) is 5.88 Å². The first-order valence-corrected chi connectivity index (χ1v) is 7.81. The lowest BCUT2D eigenvalue weighted by atomic mass is 10.1. The average Bonchev–Trinajstić information content (AvgIpc) is 2.50. The molecule has 0 radical (unpaired) electrons. The maximum Gasteiger partial charge on any atom is 0.289 e. The van der Waals surface area contributed by atoms with Gasteiger partial charge in [-0.15, -0.1) is 0 Å². The summed E-state index contributed by atoms with van der Waals surface area (Å²) in [6.45, 7) is 2.82. The smallest absolute Gasteiger partial charge is 0.289 e. The maximum atomic E-state index is 12.3. The molecule has 128 valence electrons. The number of carbonyl (C=O) groups excluding carboxylic acids is 1. The Kier molecular flexibility index (Phi) is 6.12. The van der Waals surface area contributed by atoms with Crippen LogP contribution in [0.1, 0.15) is 29.9 Å². The molecule has 1 aliphatic rings. The van der Waals surface area contributed by atoms with E-state index in [1.54, 1.807) is 4.90 Å². The standard InChI is InChI=1S/C15H24N4O4/c1-18(2)6-3-9-23-11-4-7-19(8-5-11)15(22)14-16-12(20)10-13(21)17-14/h10-11H,3-9H2,1-2H3,(H2,16,17,20,21). The fourth-order valence-corrected chi connectivity index (χ4v) is 2.55. The summed E-state index contributed by atoms with van der Waals surface area (Å²) >= 11 is 0. The van der Waals surface area contributed by atoms with Crippen LogP contribution in [0.4, 0.5) is 0 Å². The van der Waals surface area contributed by atoms with E-state index in [-0.39, 0.29) is 17.8 Å². The number of hydrogen-bond acceptors (Lipinski definition) is 6. The van der Waals surface area contributed by atoms with E-state index in [0.717, 1.165) is 38.5 Å². The molecule has 1 saturated heterocycles. The largest absolute Gasteiger partial charge is 0.493 e. The molecule has 1 aromatic heterocycles. The molecule has 0 spiro atoms. The van der Waals surface area contributed by atoms with Gasteiger partial charge in [-0.2, -0.15) is 4.98 Å². The zero-order valence-electron chi connectivity index (χ0n) is 13.6. The van der Waals surface area contributed by atoms with Crippen molar-refractivity contribution in [1.29, 1.82) is 0 Å². The van der Waals surface area contributed by atoms with E-state index >= 15 is 0 Å². The van der Waals surface area contributed by atoms with Crippen molar-refractivity contribution in [2.45, 2.75) is 25.4 Å². The highest BCUT2D eigenvalue weighted by Crippen LogP contribution is 2.15. The van der Waals surface area contributed by atoms with Crippen LogP contribution in [-0.2, 0) is 4.74 Å². The minimum atomic E-state index is -0.542. The molecule has 0 atom stereocenters. The van der Waals surface area contributed by atoms with Crippen LogP contribution in [0.15, 0.2) is 10.9 Å². The van der Waals surface area contributed by atoms with Crippen LogP contribution in [0.5, 0.6) is 5.88 Å². The minimum absolute atomic E-state index is 0.125. The molecule has 23 heavy (non-hydrogen) atoms. The van der Waals surface area contributed by atoms with Crippen molar-refractivity contribution in [3.63, 3.8) is 0 Å². The number of rotatable bonds is 6. The molecule has 0 aliphatic carbocycles. The Morgan fingerprint density at radius 3 is 2.78 bits per heavy atom. The normalized spacial score (nSPS) is 16.0. The number of aromatic amines is 1. The van der Waals surface area contributed by atoms with E-state index < -0.39 is 11.4 Å². The van der Waals surface area contributed by atoms with E-state index in [1.165, 1.54) is 0 Å². The lowest BCUT2D eigenvalue weighted by Crippen LogP contribution is -2.42. The average molecular weight is 324 g/mol. The van der Waals surface area contributed by atoms with E-state index in [2.05, 4.69) is 14.9 Å². The molecule has 1 amide bonds. The Bertz CT molecular complexity index is 579. The highest BCUT2D eigenvalue weighted by atomic mass is 16.5. The van der Waals surface area contributed by atoms with E-state index in [9.17, 15) is 14.7 Å². The second-order valence-electron chi connectivity index (χ2n) is 5.97. The van der Waals surface area contributed by atoms with Crippen LogP contribution in [0.3, 0.4) is 0 Å². The van der Waals surface area contributed by atoms with Crippen LogP contribution >= 0.6 is 0 Å². The third kappa shape index (κ3) is 5.33. The number of piperidine rings is 1. The first-order chi connectivity index (χ1) is 11.0. The van der Waals surface area contributed by atoms with Crippen molar-refractivity contribution < 1.29 is 14.6 Å². The molecule has 0 saturated carbocycles. The van der Waals surface area contributed by atoms with Gasteiger partial charge in [0.2, 0.25) is 11.7 Å². The summed E-state index contributed by atoms with van der Waals surface area (Å²) in [5.41, 5.74) is -0.542. The van der Waals surface area contributed by atoms with E-state index in [1.807, 2.05) is 14.1 Å². The highest BCUT2D eigenvalue weighted by Gasteiger charge is 2.25. The molecular weight excluding hydrogens is 300 g/mol. The molecule has 2 rings (SSSR count). The zero-order chi connectivity index (χ0) is 16.8. The second kappa shape index (κ2) is 8.07. The predicted octanol–water partition coefficient (Wildman–Crippen LogP) is 0.0484. The summed E-state index contributed by atoms with van der Waals surface area (Å²) in [5, 5.41) is 9.32. The van der Waals surface area contributed by atoms with Gasteiger partial charge in [-0.3, -0.25) is 9.59 Å². The predicted molar refractivity (Wildman–Crippen MR) is 84.6 cm³/mol. The molecule has 1 fully saturated rings. The lowest BCUT2D eigenvalue weighted by Gasteiger charge is -2.31. The first kappa shape index (κ1) is 17.4. The van der Waals surface area contributed by atoms with Crippen LogP contribution in [0, 0.1) is 0 Å². The molecule has 1 aliphatic heterocycles.